The molecule has 0 aromatic carbocycles. The van der Waals surface area contributed by atoms with Gasteiger partial charge in [-0.1, -0.05) is 0 Å². The number of hydrogen-bond acceptors (Lipinski definition) is 4. The van der Waals surface area contributed by atoms with Crippen molar-refractivity contribution in [1.29, 1.82) is 0 Å². The summed E-state index contributed by atoms with van der Waals surface area (Å²) < 4.78 is 34.5. The molecule has 0 aliphatic heterocycles. The Morgan fingerprint density at radius 3 is 0.889 bits per heavy atom. The molecule has 9 heteroatoms. The molecule has 0 aliphatic carbocycles. The van der Waals surface area contributed by atoms with E-state index in [0.717, 1.165) is 0 Å². The molecule has 0 heterocycles. The Balaban J connectivity index is -0.0000000133. The monoisotopic (exact) mass is 276 g/mol. The molecule has 0 atom stereocenters. The van der Waals surface area contributed by atoms with Gasteiger partial charge in [-0.15, -0.1) is 0 Å². The molecule has 0 radical (unpaired) electrons. The Kier molecular flexibility index (Phi) is 45.6. The first-order valence-corrected chi connectivity index (χ1v) is 3.94. The molecule has 9 heavy (non-hydrogen) atoms. The molecular weight excluding hydrogens is 270 g/mol. The van der Waals surface area contributed by atoms with E-state index < -0.39 is 16.7 Å². The van der Waals surface area contributed by atoms with Gasteiger partial charge in [0, 0.05) is 0 Å². The first-order chi connectivity index (χ1) is 2.00. The van der Waals surface area contributed by atoms with Crippen LogP contribution in [0, 0.1) is 0 Å². The van der Waals surface area contributed by atoms with Gasteiger partial charge >= 0.3 is 134 Å². The molecule has 4 N–H and O–H groups in total. The minimum atomic E-state index is -6.02. The minimum absolute atomic E-state index is 0. The molecule has 0 amide bonds. The maximum absolute atomic E-state index is 8.63. The van der Waals surface area contributed by atoms with Gasteiger partial charge in [0.15, 0.2) is 0 Å². The van der Waals surface area contributed by atoms with Crippen LogP contribution in [0.2, 0.25) is 0 Å². The molecule has 0 bridgehead atoms. The fourth-order valence-electron chi connectivity index (χ4n) is 0. The van der Waals surface area contributed by atoms with Crippen LogP contribution in [0.3, 0.4) is 0 Å². The van der Waals surface area contributed by atoms with E-state index in [2.05, 4.69) is 0 Å². The average molecular weight is 274 g/mol. The third-order valence-corrected chi connectivity index (χ3v) is 0. The second-order valence-electron chi connectivity index (χ2n) is 0.408. The molecule has 0 aliphatic rings. The van der Waals surface area contributed by atoms with Crippen molar-refractivity contribution in [1.82, 2.24) is 0 Å². The summed E-state index contributed by atoms with van der Waals surface area (Å²) >= 11 is -6.02. The van der Waals surface area contributed by atoms with Gasteiger partial charge in [0.25, 0.3) is 0 Å². The summed E-state index contributed by atoms with van der Waals surface area (Å²) in [5, 5.41) is 0. The van der Waals surface area contributed by atoms with E-state index in [9.17, 15) is 0 Å². The summed E-state index contributed by atoms with van der Waals surface area (Å²) in [5.74, 6) is 0. The Hall–Kier alpha value is 3.40. The summed E-state index contributed by atoms with van der Waals surface area (Å²) in [4.78, 5) is 0. The van der Waals surface area contributed by atoms with Crippen LogP contribution in [0.25, 0.3) is 0 Å². The molecule has 0 rings (SSSR count). The zero-order chi connectivity index (χ0) is 4.50. The second-order valence-corrected chi connectivity index (χ2v) is 2.42. The molecule has 0 aromatic heterocycles. The fraction of sp³-hybridized carbons (Fsp3) is 0. The van der Waals surface area contributed by atoms with Crippen molar-refractivity contribution in [3.05, 3.63) is 0 Å². The standard InChI is InChI=1S/2K.Mo.2H2O.4O/h;;;2*1H2;;;;/q2*+1;;;;;;2*-1. The van der Waals surface area contributed by atoms with Crippen molar-refractivity contribution >= 4 is 0 Å². The van der Waals surface area contributed by atoms with Crippen LogP contribution < -0.4 is 110 Å². The molecule has 0 unspecified atom stereocenters. The first-order valence-electron chi connectivity index (χ1n) is 0.667. The normalized spacial score (nSPS) is 6.44. The molecule has 0 saturated carbocycles. The van der Waals surface area contributed by atoms with Crippen molar-refractivity contribution in [2.75, 3.05) is 0 Å². The third kappa shape index (κ3) is 87.1. The van der Waals surface area contributed by atoms with Crippen LogP contribution in [0.4, 0.5) is 0 Å². The van der Waals surface area contributed by atoms with Gasteiger partial charge in [-0.2, -0.15) is 0 Å². The third-order valence-electron chi connectivity index (χ3n) is 0. The molecule has 6 nitrogen and oxygen atoms in total. The summed E-state index contributed by atoms with van der Waals surface area (Å²) in [6.45, 7) is 0. The van der Waals surface area contributed by atoms with Gasteiger partial charge in [-0.3, -0.25) is 0 Å². The topological polar surface area (TPSA) is 143 Å². The molecule has 48 valence electrons. The molecule has 0 aromatic rings. The summed E-state index contributed by atoms with van der Waals surface area (Å²) in [7, 11) is 0. The van der Waals surface area contributed by atoms with E-state index in [1.807, 2.05) is 0 Å². The second kappa shape index (κ2) is 14.0. The molecule has 0 spiro atoms. The molecule has 0 saturated heterocycles. The zero-order valence-corrected chi connectivity index (χ0v) is 13.3. The Morgan fingerprint density at radius 1 is 0.889 bits per heavy atom. The van der Waals surface area contributed by atoms with E-state index in [0.29, 0.717) is 0 Å². The number of rotatable bonds is 0. The van der Waals surface area contributed by atoms with Gasteiger partial charge in [0.2, 0.25) is 0 Å². The Morgan fingerprint density at radius 2 is 0.889 bits per heavy atom. The van der Waals surface area contributed by atoms with Crippen LogP contribution in [0.1, 0.15) is 0 Å². The SMILES string of the molecule is O.O.[K+].[K+].[O]=[Mo](=[O])([O-])[O-]. The van der Waals surface area contributed by atoms with Crippen LogP contribution in [0.5, 0.6) is 0 Å². The van der Waals surface area contributed by atoms with Gasteiger partial charge in [0.1, 0.15) is 0 Å². The van der Waals surface area contributed by atoms with Gasteiger partial charge in [-0.05, 0) is 0 Å². The van der Waals surface area contributed by atoms with Crippen LogP contribution in [-0.2, 0) is 23.5 Å². The van der Waals surface area contributed by atoms with Crippen molar-refractivity contribution in [3.8, 4) is 0 Å². The fourth-order valence-corrected chi connectivity index (χ4v) is 0. The van der Waals surface area contributed by atoms with Crippen molar-refractivity contribution in [2.45, 2.75) is 0 Å². The van der Waals surface area contributed by atoms with Gasteiger partial charge < -0.3 is 11.0 Å². The van der Waals surface area contributed by atoms with Gasteiger partial charge in [-0.25, -0.2) is 0 Å². The van der Waals surface area contributed by atoms with E-state index in [1.54, 1.807) is 0 Å². The van der Waals surface area contributed by atoms with Crippen LogP contribution in [-0.4, -0.2) is 11.0 Å². The van der Waals surface area contributed by atoms with Gasteiger partial charge in [0.05, 0.1) is 0 Å². The van der Waals surface area contributed by atoms with E-state index >= 15 is 0 Å². The number of hydrogen-bond donors (Lipinski definition) is 0. The van der Waals surface area contributed by atoms with Crippen molar-refractivity contribution < 1.29 is 145 Å². The quantitative estimate of drug-likeness (QED) is 0.404. The van der Waals surface area contributed by atoms with Crippen LogP contribution >= 0.6 is 0 Å². The van der Waals surface area contributed by atoms with Crippen molar-refractivity contribution in [2.24, 2.45) is 0 Å². The van der Waals surface area contributed by atoms with E-state index in [1.165, 1.54) is 0 Å². The summed E-state index contributed by atoms with van der Waals surface area (Å²) in [5.41, 5.74) is 0. The molecule has 0 fully saturated rings. The van der Waals surface area contributed by atoms with E-state index in [-0.39, 0.29) is 114 Å². The maximum atomic E-state index is 8.63. The van der Waals surface area contributed by atoms with Crippen LogP contribution in [0.15, 0.2) is 0 Å². The Bertz CT molecular complexity index is 94.2. The summed E-state index contributed by atoms with van der Waals surface area (Å²) in [6.07, 6.45) is 0. The van der Waals surface area contributed by atoms with Crippen molar-refractivity contribution in [3.63, 3.8) is 0 Å². The summed E-state index contributed by atoms with van der Waals surface area (Å²) in [6, 6.07) is 0. The Labute approximate surface area is 141 Å². The molecular formula is H4K2MoO6. The first kappa shape index (κ1) is 29.4. The zero-order valence-electron chi connectivity index (χ0n) is 5.04. The predicted molar refractivity (Wildman–Crippen MR) is 8.60 cm³/mol. The van der Waals surface area contributed by atoms with E-state index in [4.69, 9.17) is 14.3 Å². The average Bonchev–Trinajstić information content (AvgIpc) is 0.722. The predicted octanol–water partition coefficient (Wildman–Crippen LogP) is -10.3.